The Labute approximate surface area is 95.2 Å². The van der Waals surface area contributed by atoms with Gasteiger partial charge in [0, 0.05) is 6.42 Å². The van der Waals surface area contributed by atoms with Gasteiger partial charge in [-0.25, -0.2) is 4.39 Å². The van der Waals surface area contributed by atoms with E-state index >= 15 is 0 Å². The van der Waals surface area contributed by atoms with Gasteiger partial charge >= 0.3 is 0 Å². The molecule has 0 radical (unpaired) electrons. The molecule has 1 rings (SSSR count). The van der Waals surface area contributed by atoms with E-state index in [1.54, 1.807) is 12.2 Å². The number of halogens is 1. The molecule has 1 aliphatic heterocycles. The van der Waals surface area contributed by atoms with E-state index in [2.05, 4.69) is 30.3 Å². The minimum Gasteiger partial charge on any atom is -0.279 e. The third kappa shape index (κ3) is 3.05. The van der Waals surface area contributed by atoms with Crippen LogP contribution in [0.5, 0.6) is 0 Å². The summed E-state index contributed by atoms with van der Waals surface area (Å²) >= 11 is 0. The van der Waals surface area contributed by atoms with Gasteiger partial charge in [-0.2, -0.15) is 5.10 Å². The maximum atomic E-state index is 12.6. The van der Waals surface area contributed by atoms with Crippen LogP contribution < -0.4 is 5.43 Å². The van der Waals surface area contributed by atoms with Crippen LogP contribution in [0.1, 0.15) is 13.3 Å². The lowest BCUT2D eigenvalue weighted by Crippen LogP contribution is -2.19. The number of allylic oxidation sites excluding steroid dienone is 6. The second-order valence-electron chi connectivity index (χ2n) is 3.51. The first-order valence-corrected chi connectivity index (χ1v) is 4.91. The minimum absolute atomic E-state index is 0.257. The van der Waals surface area contributed by atoms with Gasteiger partial charge in [-0.05, 0) is 24.1 Å². The Morgan fingerprint density at radius 3 is 2.62 bits per heavy atom. The van der Waals surface area contributed by atoms with Crippen LogP contribution in [-0.4, -0.2) is 5.71 Å². The fourth-order valence-corrected chi connectivity index (χ4v) is 1.22. The SMILES string of the molecule is C=C/C(=C\C=C(/C)F)C1=NNC(=C)C(=C)C1. The van der Waals surface area contributed by atoms with E-state index in [1.165, 1.54) is 13.0 Å². The largest absolute Gasteiger partial charge is 0.279 e. The Balaban J connectivity index is 2.95. The molecule has 0 aromatic carbocycles. The van der Waals surface area contributed by atoms with Gasteiger partial charge in [0.1, 0.15) is 0 Å². The van der Waals surface area contributed by atoms with Gasteiger partial charge in [-0.1, -0.05) is 31.9 Å². The molecule has 1 aliphatic rings. The van der Waals surface area contributed by atoms with E-state index in [4.69, 9.17) is 0 Å². The van der Waals surface area contributed by atoms with E-state index in [1.807, 2.05) is 0 Å². The lowest BCUT2D eigenvalue weighted by atomic mass is 10.00. The Morgan fingerprint density at radius 2 is 2.12 bits per heavy atom. The highest BCUT2D eigenvalue weighted by Crippen LogP contribution is 2.18. The van der Waals surface area contributed by atoms with E-state index in [0.29, 0.717) is 12.1 Å². The molecule has 2 nitrogen and oxygen atoms in total. The van der Waals surface area contributed by atoms with Crippen molar-refractivity contribution in [1.29, 1.82) is 0 Å². The van der Waals surface area contributed by atoms with Crippen molar-refractivity contribution < 1.29 is 4.39 Å². The van der Waals surface area contributed by atoms with Crippen molar-refractivity contribution in [2.45, 2.75) is 13.3 Å². The third-order valence-electron chi connectivity index (χ3n) is 2.18. The van der Waals surface area contributed by atoms with Crippen LogP contribution in [0, 0.1) is 0 Å². The van der Waals surface area contributed by atoms with Crippen LogP contribution in [-0.2, 0) is 0 Å². The van der Waals surface area contributed by atoms with Gasteiger partial charge in [0.2, 0.25) is 0 Å². The summed E-state index contributed by atoms with van der Waals surface area (Å²) in [7, 11) is 0. The van der Waals surface area contributed by atoms with Crippen molar-refractivity contribution in [2.24, 2.45) is 5.10 Å². The molecule has 3 heteroatoms. The normalized spacial score (nSPS) is 18.0. The molecular weight excluding hydrogens is 203 g/mol. The van der Waals surface area contributed by atoms with Crippen LogP contribution in [0.3, 0.4) is 0 Å². The molecular formula is C13H15FN2. The second-order valence-corrected chi connectivity index (χ2v) is 3.51. The molecule has 0 aromatic heterocycles. The fourth-order valence-electron chi connectivity index (χ4n) is 1.22. The molecule has 16 heavy (non-hydrogen) atoms. The second kappa shape index (κ2) is 5.26. The van der Waals surface area contributed by atoms with E-state index in [9.17, 15) is 4.39 Å². The number of nitrogens with one attached hydrogen (secondary N) is 1. The smallest absolute Gasteiger partial charge is 0.0968 e. The summed E-state index contributed by atoms with van der Waals surface area (Å²) in [5.74, 6) is -0.257. The molecule has 0 unspecified atom stereocenters. The Morgan fingerprint density at radius 1 is 1.44 bits per heavy atom. The zero-order chi connectivity index (χ0) is 12.1. The molecule has 0 spiro atoms. The van der Waals surface area contributed by atoms with Gasteiger partial charge in [0.25, 0.3) is 0 Å². The first-order chi connectivity index (χ1) is 7.54. The molecule has 0 saturated heterocycles. The molecule has 1 N–H and O–H groups in total. The predicted octanol–water partition coefficient (Wildman–Crippen LogP) is 3.39. The topological polar surface area (TPSA) is 24.4 Å². The van der Waals surface area contributed by atoms with Crippen molar-refractivity contribution in [2.75, 3.05) is 0 Å². The van der Waals surface area contributed by atoms with Crippen molar-refractivity contribution in [3.63, 3.8) is 0 Å². The molecule has 0 atom stereocenters. The average molecular weight is 218 g/mol. The Hall–Kier alpha value is -1.90. The van der Waals surface area contributed by atoms with Crippen molar-refractivity contribution >= 4 is 5.71 Å². The van der Waals surface area contributed by atoms with Crippen LogP contribution in [0.25, 0.3) is 0 Å². The summed E-state index contributed by atoms with van der Waals surface area (Å²) in [5, 5.41) is 4.13. The van der Waals surface area contributed by atoms with Gasteiger partial charge in [-0.3, -0.25) is 5.43 Å². The monoisotopic (exact) mass is 218 g/mol. The average Bonchev–Trinajstić information content (AvgIpc) is 2.23. The predicted molar refractivity (Wildman–Crippen MR) is 66.6 cm³/mol. The molecule has 0 aromatic rings. The van der Waals surface area contributed by atoms with Gasteiger partial charge in [-0.15, -0.1) is 0 Å². The number of nitrogens with zero attached hydrogens (tertiary/aromatic N) is 1. The van der Waals surface area contributed by atoms with Crippen molar-refractivity contribution in [3.05, 3.63) is 60.6 Å². The zero-order valence-corrected chi connectivity index (χ0v) is 9.39. The summed E-state index contributed by atoms with van der Waals surface area (Å²) in [6.07, 6.45) is 5.26. The maximum Gasteiger partial charge on any atom is 0.0968 e. The zero-order valence-electron chi connectivity index (χ0n) is 9.39. The maximum absolute atomic E-state index is 12.6. The van der Waals surface area contributed by atoms with Crippen LogP contribution in [0.2, 0.25) is 0 Å². The lowest BCUT2D eigenvalue weighted by Gasteiger charge is -2.17. The number of rotatable bonds is 3. The van der Waals surface area contributed by atoms with Crippen molar-refractivity contribution in [1.82, 2.24) is 5.43 Å². The third-order valence-corrected chi connectivity index (χ3v) is 2.18. The molecule has 0 fully saturated rings. The number of hydrogen-bond donors (Lipinski definition) is 1. The van der Waals surface area contributed by atoms with Crippen LogP contribution in [0.15, 0.2) is 65.7 Å². The molecule has 0 saturated carbocycles. The molecule has 0 aliphatic carbocycles. The lowest BCUT2D eigenvalue weighted by molar-refractivity contribution is 0.640. The molecule has 84 valence electrons. The fraction of sp³-hybridized carbons (Fsp3) is 0.154. The summed E-state index contributed by atoms with van der Waals surface area (Å²) in [6.45, 7) is 12.7. The van der Waals surface area contributed by atoms with E-state index in [0.717, 1.165) is 16.9 Å². The molecule has 0 bridgehead atoms. The van der Waals surface area contributed by atoms with Gasteiger partial charge in [0.15, 0.2) is 0 Å². The molecule has 1 heterocycles. The highest BCUT2D eigenvalue weighted by atomic mass is 19.1. The highest BCUT2D eigenvalue weighted by molar-refractivity contribution is 6.04. The summed E-state index contributed by atoms with van der Waals surface area (Å²) < 4.78 is 12.6. The summed E-state index contributed by atoms with van der Waals surface area (Å²) in [4.78, 5) is 0. The Kier molecular flexibility index (Phi) is 4.00. The first kappa shape index (κ1) is 12.2. The highest BCUT2D eigenvalue weighted by Gasteiger charge is 2.13. The van der Waals surface area contributed by atoms with Crippen LogP contribution >= 0.6 is 0 Å². The number of hydrogen-bond acceptors (Lipinski definition) is 2. The Bertz CT molecular complexity index is 421. The molecule has 0 amide bonds. The van der Waals surface area contributed by atoms with E-state index < -0.39 is 0 Å². The minimum atomic E-state index is -0.257. The summed E-state index contributed by atoms with van der Waals surface area (Å²) in [5.41, 5.74) is 5.92. The van der Waals surface area contributed by atoms with Crippen LogP contribution in [0.4, 0.5) is 4.39 Å². The number of hydrazone groups is 1. The van der Waals surface area contributed by atoms with Gasteiger partial charge < -0.3 is 0 Å². The quantitative estimate of drug-likeness (QED) is 0.721. The summed E-state index contributed by atoms with van der Waals surface area (Å²) in [6, 6.07) is 0. The van der Waals surface area contributed by atoms with Crippen molar-refractivity contribution in [3.8, 4) is 0 Å². The first-order valence-electron chi connectivity index (χ1n) is 4.91. The van der Waals surface area contributed by atoms with Gasteiger partial charge in [0.05, 0.1) is 17.2 Å². The standard InChI is InChI=1S/C13H15FN2/c1-5-12(7-6-10(3)14)13-8-9(2)11(4)15-16-13/h5-7,15H,1-2,4,8H2,3H3/b10-6+,12-7+. The van der Waals surface area contributed by atoms with E-state index in [-0.39, 0.29) is 5.83 Å².